The molecule has 74 valence electrons. The Balaban J connectivity index is 2.34. The summed E-state index contributed by atoms with van der Waals surface area (Å²) in [5, 5.41) is 0. The van der Waals surface area contributed by atoms with Crippen molar-refractivity contribution in [3.63, 3.8) is 0 Å². The highest BCUT2D eigenvalue weighted by Gasteiger charge is 2.54. The lowest BCUT2D eigenvalue weighted by atomic mass is 9.76. The van der Waals surface area contributed by atoms with E-state index in [-0.39, 0.29) is 0 Å². The predicted octanol–water partition coefficient (Wildman–Crippen LogP) is 3.97. The van der Waals surface area contributed by atoms with Crippen LogP contribution in [0.3, 0.4) is 0 Å². The first-order valence-electron chi connectivity index (χ1n) is 5.36. The van der Waals surface area contributed by atoms with E-state index < -0.39 is 0 Å². The monoisotopic (exact) mass is 204 g/mol. The van der Waals surface area contributed by atoms with E-state index in [0.29, 0.717) is 9.49 Å². The molecule has 0 amide bonds. The summed E-state index contributed by atoms with van der Waals surface area (Å²) in [6.45, 7) is 7.09. The SMILES string of the molecule is Cc1cccc2c1[C@@]1(C)CC[C@]2(C)S1. The molecule has 14 heavy (non-hydrogen) atoms. The number of benzene rings is 1. The van der Waals surface area contributed by atoms with Gasteiger partial charge in [0, 0.05) is 9.49 Å². The first-order chi connectivity index (χ1) is 6.55. The van der Waals surface area contributed by atoms with Gasteiger partial charge in [-0.2, -0.15) is 0 Å². The fourth-order valence-electron chi connectivity index (χ4n) is 3.25. The Morgan fingerprint density at radius 2 is 1.86 bits per heavy atom. The third-order valence-electron chi connectivity index (χ3n) is 3.90. The smallest absolute Gasteiger partial charge is 0.0395 e. The van der Waals surface area contributed by atoms with Gasteiger partial charge in [0.15, 0.2) is 0 Å². The van der Waals surface area contributed by atoms with Crippen molar-refractivity contribution in [2.24, 2.45) is 0 Å². The van der Waals surface area contributed by atoms with Crippen LogP contribution in [0.1, 0.15) is 43.4 Å². The van der Waals surface area contributed by atoms with Crippen LogP contribution in [0.4, 0.5) is 0 Å². The van der Waals surface area contributed by atoms with Crippen molar-refractivity contribution in [1.82, 2.24) is 0 Å². The molecule has 0 spiro atoms. The third kappa shape index (κ3) is 0.869. The van der Waals surface area contributed by atoms with Crippen LogP contribution in [-0.2, 0) is 9.49 Å². The zero-order valence-electron chi connectivity index (χ0n) is 9.05. The summed E-state index contributed by atoms with van der Waals surface area (Å²) in [5.41, 5.74) is 4.73. The molecule has 2 aliphatic rings. The number of aryl methyl sites for hydroxylation is 1. The van der Waals surface area contributed by atoms with Crippen LogP contribution in [0.5, 0.6) is 0 Å². The van der Waals surface area contributed by atoms with Crippen molar-refractivity contribution >= 4 is 11.8 Å². The summed E-state index contributed by atoms with van der Waals surface area (Å²) in [5.74, 6) is 0. The van der Waals surface area contributed by atoms with Crippen LogP contribution in [0, 0.1) is 6.92 Å². The molecule has 0 radical (unpaired) electrons. The van der Waals surface area contributed by atoms with Gasteiger partial charge >= 0.3 is 0 Å². The molecule has 0 aromatic heterocycles. The molecule has 1 aromatic rings. The minimum absolute atomic E-state index is 0.412. The maximum absolute atomic E-state index is 2.42. The molecule has 2 aliphatic heterocycles. The number of thioether (sulfide) groups is 1. The molecule has 1 heteroatoms. The molecular formula is C13H16S. The highest BCUT2D eigenvalue weighted by atomic mass is 32.2. The van der Waals surface area contributed by atoms with Gasteiger partial charge in [-0.3, -0.25) is 0 Å². The highest BCUT2D eigenvalue weighted by molar-refractivity contribution is 8.01. The quantitative estimate of drug-likeness (QED) is 0.616. The first-order valence-corrected chi connectivity index (χ1v) is 6.18. The van der Waals surface area contributed by atoms with Crippen molar-refractivity contribution in [3.05, 3.63) is 34.9 Å². The molecule has 2 atom stereocenters. The standard InChI is InChI=1S/C13H16S/c1-9-5-4-6-10-11(9)13(3)8-7-12(10,2)14-13/h4-6H,7-8H2,1-3H3/t12-,13+/m0/s1. The Bertz CT molecular complexity index is 410. The van der Waals surface area contributed by atoms with Crippen molar-refractivity contribution in [1.29, 1.82) is 0 Å². The van der Waals surface area contributed by atoms with E-state index in [9.17, 15) is 0 Å². The Labute approximate surface area is 90.1 Å². The van der Waals surface area contributed by atoms with Crippen LogP contribution < -0.4 is 0 Å². The molecule has 1 aromatic carbocycles. The maximum atomic E-state index is 2.42. The Morgan fingerprint density at radius 1 is 1.14 bits per heavy atom. The Hall–Kier alpha value is -0.430. The lowest BCUT2D eigenvalue weighted by Crippen LogP contribution is -2.19. The molecule has 0 N–H and O–H groups in total. The number of rotatable bonds is 0. The number of hydrogen-bond donors (Lipinski definition) is 0. The molecule has 0 unspecified atom stereocenters. The van der Waals surface area contributed by atoms with E-state index in [4.69, 9.17) is 0 Å². The molecule has 0 saturated carbocycles. The molecule has 2 heterocycles. The topological polar surface area (TPSA) is 0 Å². The summed E-state index contributed by atoms with van der Waals surface area (Å²) in [4.78, 5) is 0. The van der Waals surface area contributed by atoms with Gasteiger partial charge < -0.3 is 0 Å². The lowest BCUT2D eigenvalue weighted by molar-refractivity contribution is 0.523. The van der Waals surface area contributed by atoms with Crippen molar-refractivity contribution < 1.29 is 0 Å². The molecule has 1 saturated heterocycles. The van der Waals surface area contributed by atoms with E-state index in [1.807, 2.05) is 0 Å². The van der Waals surface area contributed by atoms with Crippen LogP contribution in [-0.4, -0.2) is 0 Å². The second-order valence-electron chi connectivity index (χ2n) is 5.06. The third-order valence-corrected chi connectivity index (χ3v) is 5.63. The summed E-state index contributed by atoms with van der Waals surface area (Å²) in [6.07, 6.45) is 2.70. The fourth-order valence-corrected chi connectivity index (χ4v) is 5.31. The van der Waals surface area contributed by atoms with Crippen LogP contribution >= 0.6 is 11.8 Å². The lowest BCUT2D eigenvalue weighted by Gasteiger charge is -2.26. The second-order valence-corrected chi connectivity index (χ2v) is 7.07. The molecule has 2 bridgehead atoms. The van der Waals surface area contributed by atoms with Crippen LogP contribution in [0.15, 0.2) is 18.2 Å². The average Bonchev–Trinajstić information content (AvgIpc) is 2.54. The molecule has 0 aliphatic carbocycles. The molecule has 0 nitrogen and oxygen atoms in total. The van der Waals surface area contributed by atoms with Gasteiger partial charge in [0.25, 0.3) is 0 Å². The number of fused-ring (bicyclic) bond motifs is 5. The Kier molecular flexibility index (Phi) is 1.51. The van der Waals surface area contributed by atoms with E-state index in [1.165, 1.54) is 18.4 Å². The van der Waals surface area contributed by atoms with Crippen LogP contribution in [0.2, 0.25) is 0 Å². The largest absolute Gasteiger partial charge is 0.139 e. The van der Waals surface area contributed by atoms with Gasteiger partial charge in [0.1, 0.15) is 0 Å². The van der Waals surface area contributed by atoms with Gasteiger partial charge in [-0.25, -0.2) is 0 Å². The number of hydrogen-bond acceptors (Lipinski definition) is 1. The Morgan fingerprint density at radius 3 is 2.57 bits per heavy atom. The van der Waals surface area contributed by atoms with Gasteiger partial charge in [0.2, 0.25) is 0 Å². The van der Waals surface area contributed by atoms with E-state index in [0.717, 1.165) is 0 Å². The second kappa shape index (κ2) is 2.38. The summed E-state index contributed by atoms with van der Waals surface area (Å²) in [6, 6.07) is 6.80. The van der Waals surface area contributed by atoms with Crippen molar-refractivity contribution in [3.8, 4) is 0 Å². The first kappa shape index (κ1) is 8.84. The zero-order valence-corrected chi connectivity index (χ0v) is 9.87. The summed E-state index contributed by atoms with van der Waals surface area (Å²) >= 11 is 2.18. The average molecular weight is 204 g/mol. The van der Waals surface area contributed by atoms with Gasteiger partial charge in [-0.05, 0) is 50.3 Å². The van der Waals surface area contributed by atoms with Crippen molar-refractivity contribution in [2.45, 2.75) is 43.1 Å². The van der Waals surface area contributed by atoms with Gasteiger partial charge in [0.05, 0.1) is 0 Å². The highest BCUT2D eigenvalue weighted by Crippen LogP contribution is 2.68. The van der Waals surface area contributed by atoms with Crippen LogP contribution in [0.25, 0.3) is 0 Å². The van der Waals surface area contributed by atoms with Gasteiger partial charge in [-0.1, -0.05) is 18.2 Å². The van der Waals surface area contributed by atoms with Gasteiger partial charge in [-0.15, -0.1) is 11.8 Å². The minimum Gasteiger partial charge on any atom is -0.139 e. The fraction of sp³-hybridized carbons (Fsp3) is 0.538. The van der Waals surface area contributed by atoms with E-state index in [2.05, 4.69) is 50.7 Å². The summed E-state index contributed by atoms with van der Waals surface area (Å²) < 4.78 is 0.825. The normalized spacial score (nSPS) is 38.8. The molecule has 1 fully saturated rings. The summed E-state index contributed by atoms with van der Waals surface area (Å²) in [7, 11) is 0. The zero-order chi connectivity index (χ0) is 9.97. The predicted molar refractivity (Wildman–Crippen MR) is 62.7 cm³/mol. The van der Waals surface area contributed by atoms with Crippen molar-refractivity contribution in [2.75, 3.05) is 0 Å². The van der Waals surface area contributed by atoms with E-state index in [1.54, 1.807) is 11.1 Å². The maximum Gasteiger partial charge on any atom is 0.0395 e. The molecule has 3 rings (SSSR count). The molecular weight excluding hydrogens is 188 g/mol. The minimum atomic E-state index is 0.412. The van der Waals surface area contributed by atoms with E-state index >= 15 is 0 Å².